The van der Waals surface area contributed by atoms with Crippen molar-refractivity contribution < 1.29 is 4.39 Å². The van der Waals surface area contributed by atoms with Gasteiger partial charge in [-0.1, -0.05) is 61.0 Å². The van der Waals surface area contributed by atoms with Crippen molar-refractivity contribution in [3.8, 4) is 0 Å². The molecule has 19 heavy (non-hydrogen) atoms. The lowest BCUT2D eigenvalue weighted by Crippen LogP contribution is -2.24. The summed E-state index contributed by atoms with van der Waals surface area (Å²) in [6.07, 6.45) is 0.992. The van der Waals surface area contributed by atoms with E-state index in [0.29, 0.717) is 5.56 Å². The monoisotopic (exact) mass is 277 g/mol. The van der Waals surface area contributed by atoms with E-state index >= 15 is 0 Å². The summed E-state index contributed by atoms with van der Waals surface area (Å²) >= 11 is 5.88. The maximum Gasteiger partial charge on any atom is 0.146 e. The first-order valence-corrected chi connectivity index (χ1v) is 6.84. The van der Waals surface area contributed by atoms with Crippen molar-refractivity contribution in [1.82, 2.24) is 5.32 Å². The van der Waals surface area contributed by atoms with E-state index < -0.39 is 0 Å². The van der Waals surface area contributed by atoms with Gasteiger partial charge in [-0.15, -0.1) is 0 Å². The molecule has 1 atom stereocenters. The molecule has 2 aromatic rings. The minimum Gasteiger partial charge on any atom is -0.306 e. The Hall–Kier alpha value is -1.38. The number of rotatable bonds is 5. The molecule has 0 aliphatic heterocycles. The van der Waals surface area contributed by atoms with Crippen LogP contribution >= 0.6 is 11.6 Å². The molecule has 0 saturated heterocycles. The first-order valence-electron chi connectivity index (χ1n) is 6.46. The molecule has 0 heterocycles. The summed E-state index contributed by atoms with van der Waals surface area (Å²) in [5.41, 5.74) is 1.63. The molecule has 2 rings (SSSR count). The van der Waals surface area contributed by atoms with Gasteiger partial charge in [0.25, 0.3) is 0 Å². The van der Waals surface area contributed by atoms with Crippen LogP contribution in [0.2, 0.25) is 5.02 Å². The van der Waals surface area contributed by atoms with Crippen LogP contribution < -0.4 is 5.32 Å². The number of halogens is 2. The molecule has 0 aliphatic carbocycles. The Morgan fingerprint density at radius 2 is 1.84 bits per heavy atom. The van der Waals surface area contributed by atoms with Crippen LogP contribution in [0.5, 0.6) is 0 Å². The second-order valence-corrected chi connectivity index (χ2v) is 4.85. The molecule has 0 amide bonds. The smallest absolute Gasteiger partial charge is 0.146 e. The van der Waals surface area contributed by atoms with Gasteiger partial charge in [-0.3, -0.25) is 0 Å². The first-order chi connectivity index (χ1) is 9.24. The number of hydrogen-bond donors (Lipinski definition) is 1. The van der Waals surface area contributed by atoms with Gasteiger partial charge in [0.15, 0.2) is 0 Å². The maximum absolute atomic E-state index is 14.2. The second-order valence-electron chi connectivity index (χ2n) is 4.44. The summed E-state index contributed by atoms with van der Waals surface area (Å²) in [6.45, 7) is 2.91. The van der Waals surface area contributed by atoms with Gasteiger partial charge in [0.2, 0.25) is 0 Å². The van der Waals surface area contributed by atoms with E-state index in [2.05, 4.69) is 12.2 Å². The van der Waals surface area contributed by atoms with Gasteiger partial charge in [-0.2, -0.15) is 0 Å². The van der Waals surface area contributed by atoms with Crippen molar-refractivity contribution in [3.63, 3.8) is 0 Å². The minimum atomic E-state index is -0.346. The largest absolute Gasteiger partial charge is 0.306 e. The summed E-state index contributed by atoms with van der Waals surface area (Å²) in [5, 5.41) is 3.54. The van der Waals surface area contributed by atoms with Crippen molar-refractivity contribution >= 4 is 11.6 Å². The maximum atomic E-state index is 14.2. The molecule has 0 radical (unpaired) electrons. The fraction of sp³-hybridized carbons (Fsp3) is 0.250. The molecule has 0 aliphatic rings. The third-order valence-electron chi connectivity index (χ3n) is 3.02. The van der Waals surface area contributed by atoms with Crippen LogP contribution in [0.4, 0.5) is 4.39 Å². The van der Waals surface area contributed by atoms with Crippen molar-refractivity contribution in [1.29, 1.82) is 0 Å². The van der Waals surface area contributed by atoms with E-state index in [0.717, 1.165) is 18.5 Å². The third kappa shape index (κ3) is 3.34. The number of benzene rings is 2. The lowest BCUT2D eigenvalue weighted by Gasteiger charge is -2.20. The average Bonchev–Trinajstić information content (AvgIpc) is 2.45. The Morgan fingerprint density at radius 3 is 2.53 bits per heavy atom. The fourth-order valence-electron chi connectivity index (χ4n) is 2.08. The van der Waals surface area contributed by atoms with Crippen molar-refractivity contribution in [2.75, 3.05) is 6.54 Å². The molecule has 100 valence electrons. The van der Waals surface area contributed by atoms with Crippen LogP contribution in [-0.4, -0.2) is 6.54 Å². The number of nitrogens with one attached hydrogen (secondary N) is 1. The minimum absolute atomic E-state index is 0.164. The van der Waals surface area contributed by atoms with Crippen molar-refractivity contribution in [3.05, 3.63) is 70.5 Å². The summed E-state index contributed by atoms with van der Waals surface area (Å²) in [6, 6.07) is 14.8. The summed E-state index contributed by atoms with van der Waals surface area (Å²) < 4.78 is 14.2. The molecule has 2 aromatic carbocycles. The van der Waals surface area contributed by atoms with E-state index in [1.165, 1.54) is 0 Å². The Labute approximate surface area is 118 Å². The molecule has 1 unspecified atom stereocenters. The molecular formula is C16H17ClFN. The molecule has 0 saturated carbocycles. The van der Waals surface area contributed by atoms with Crippen LogP contribution in [-0.2, 0) is 0 Å². The highest BCUT2D eigenvalue weighted by Crippen LogP contribution is 2.28. The Morgan fingerprint density at radius 1 is 1.11 bits per heavy atom. The Bertz CT molecular complexity index is 528. The van der Waals surface area contributed by atoms with Gasteiger partial charge in [0.05, 0.1) is 11.1 Å². The molecule has 0 fully saturated rings. The molecule has 0 bridgehead atoms. The lowest BCUT2D eigenvalue weighted by molar-refractivity contribution is 0.547. The molecule has 1 N–H and O–H groups in total. The molecule has 1 nitrogen and oxygen atoms in total. The topological polar surface area (TPSA) is 12.0 Å². The highest BCUT2D eigenvalue weighted by atomic mass is 35.5. The Kier molecular flexibility index (Phi) is 4.94. The van der Waals surface area contributed by atoms with Crippen LogP contribution in [0, 0.1) is 5.82 Å². The van der Waals surface area contributed by atoms with Crippen LogP contribution in [0.15, 0.2) is 48.5 Å². The normalized spacial score (nSPS) is 12.4. The Balaban J connectivity index is 2.40. The highest BCUT2D eigenvalue weighted by molar-refractivity contribution is 6.30. The zero-order valence-electron chi connectivity index (χ0n) is 10.9. The first kappa shape index (κ1) is 14.0. The average molecular weight is 278 g/mol. The van der Waals surface area contributed by atoms with Crippen molar-refractivity contribution in [2.24, 2.45) is 0 Å². The highest BCUT2D eigenvalue weighted by Gasteiger charge is 2.18. The van der Waals surface area contributed by atoms with E-state index in [-0.39, 0.29) is 16.9 Å². The third-order valence-corrected chi connectivity index (χ3v) is 3.32. The molecule has 0 spiro atoms. The van der Waals surface area contributed by atoms with Gasteiger partial charge >= 0.3 is 0 Å². The fourth-order valence-corrected chi connectivity index (χ4v) is 2.27. The molecular weight excluding hydrogens is 261 g/mol. The number of hydrogen-bond acceptors (Lipinski definition) is 1. The van der Waals surface area contributed by atoms with Crippen LogP contribution in [0.1, 0.15) is 30.5 Å². The standard InChI is InChI=1S/C16H17ClFN/c1-2-11-19-16(12-7-4-3-5-8-12)13-9-6-10-14(17)15(13)18/h3-10,16,19H,2,11H2,1H3. The quantitative estimate of drug-likeness (QED) is 0.844. The summed E-state index contributed by atoms with van der Waals surface area (Å²) in [4.78, 5) is 0. The van der Waals surface area contributed by atoms with Gasteiger partial charge in [-0.05, 0) is 24.6 Å². The molecule has 3 heteroatoms. The van der Waals surface area contributed by atoms with E-state index in [9.17, 15) is 4.39 Å². The predicted molar refractivity (Wildman–Crippen MR) is 78.0 cm³/mol. The lowest BCUT2D eigenvalue weighted by atomic mass is 9.98. The van der Waals surface area contributed by atoms with Crippen LogP contribution in [0.25, 0.3) is 0 Å². The van der Waals surface area contributed by atoms with E-state index in [1.807, 2.05) is 30.3 Å². The van der Waals surface area contributed by atoms with Gasteiger partial charge < -0.3 is 5.32 Å². The van der Waals surface area contributed by atoms with Gasteiger partial charge in [0.1, 0.15) is 5.82 Å². The van der Waals surface area contributed by atoms with E-state index in [4.69, 9.17) is 11.6 Å². The van der Waals surface area contributed by atoms with E-state index in [1.54, 1.807) is 18.2 Å². The summed E-state index contributed by atoms with van der Waals surface area (Å²) in [7, 11) is 0. The van der Waals surface area contributed by atoms with Crippen molar-refractivity contribution in [2.45, 2.75) is 19.4 Å². The SMILES string of the molecule is CCCNC(c1ccccc1)c1cccc(Cl)c1F. The zero-order valence-corrected chi connectivity index (χ0v) is 11.6. The zero-order chi connectivity index (χ0) is 13.7. The molecule has 0 aromatic heterocycles. The van der Waals surface area contributed by atoms with Crippen LogP contribution in [0.3, 0.4) is 0 Å². The second kappa shape index (κ2) is 6.69. The van der Waals surface area contributed by atoms with Gasteiger partial charge in [0, 0.05) is 5.56 Å². The predicted octanol–water partition coefficient (Wildman–Crippen LogP) is 4.57. The summed E-state index contributed by atoms with van der Waals surface area (Å²) in [5.74, 6) is -0.346. The van der Waals surface area contributed by atoms with Gasteiger partial charge in [-0.25, -0.2) is 4.39 Å².